The summed E-state index contributed by atoms with van der Waals surface area (Å²) in [4.78, 5) is 4.08. The molecule has 1 heterocycles. The number of nitrogens with zero attached hydrogens (tertiary/aromatic N) is 2. The normalized spacial score (nSPS) is 11.2. The lowest BCUT2D eigenvalue weighted by atomic mass is 10.2. The average molecular weight is 294 g/mol. The minimum Gasteiger partial charge on any atom is -0.369 e. The molecule has 3 rings (SSSR count). The fourth-order valence-corrected chi connectivity index (χ4v) is 2.28. The Hall–Kier alpha value is -2.14. The Kier molecular flexibility index (Phi) is 3.06. The molecule has 0 bridgehead atoms. The maximum absolute atomic E-state index is 13.4. The minimum absolute atomic E-state index is 0.00195. The summed E-state index contributed by atoms with van der Waals surface area (Å²) >= 11 is 5.78. The number of fused-ring (bicyclic) bond motifs is 1. The standard InChI is InChI=1S/C14H10ClF2N3/c15-10-5-13-12(6-11(10)17)19-14(18)20(13)7-8-2-1-3-9(16)4-8/h1-6H,7H2,(H2,18,19). The molecule has 0 amide bonds. The zero-order chi connectivity index (χ0) is 14.3. The van der Waals surface area contributed by atoms with Gasteiger partial charge in [0.1, 0.15) is 11.6 Å². The van der Waals surface area contributed by atoms with Crippen LogP contribution < -0.4 is 5.73 Å². The molecule has 3 aromatic rings. The topological polar surface area (TPSA) is 43.8 Å². The van der Waals surface area contributed by atoms with Gasteiger partial charge in [0, 0.05) is 6.07 Å². The predicted octanol–water partition coefficient (Wildman–Crippen LogP) is 3.60. The van der Waals surface area contributed by atoms with Crippen LogP contribution >= 0.6 is 11.6 Å². The SMILES string of the molecule is Nc1nc2cc(F)c(Cl)cc2n1Cc1cccc(F)c1. The smallest absolute Gasteiger partial charge is 0.201 e. The lowest BCUT2D eigenvalue weighted by Crippen LogP contribution is -2.04. The van der Waals surface area contributed by atoms with Crippen molar-refractivity contribution < 1.29 is 8.78 Å². The van der Waals surface area contributed by atoms with Crippen molar-refractivity contribution in [2.75, 3.05) is 5.73 Å². The molecular formula is C14H10ClF2N3. The number of nitrogens with two attached hydrogens (primary N) is 1. The van der Waals surface area contributed by atoms with Gasteiger partial charge in [-0.2, -0.15) is 0 Å². The molecule has 0 saturated heterocycles. The largest absolute Gasteiger partial charge is 0.369 e. The van der Waals surface area contributed by atoms with E-state index in [1.54, 1.807) is 16.7 Å². The number of rotatable bonds is 2. The Morgan fingerprint density at radius 3 is 2.75 bits per heavy atom. The summed E-state index contributed by atoms with van der Waals surface area (Å²) in [6.45, 7) is 0.335. The van der Waals surface area contributed by atoms with Crippen LogP contribution in [0.4, 0.5) is 14.7 Å². The van der Waals surface area contributed by atoms with Crippen LogP contribution in [0.1, 0.15) is 5.56 Å². The molecule has 0 fully saturated rings. The molecule has 0 radical (unpaired) electrons. The van der Waals surface area contributed by atoms with Gasteiger partial charge in [-0.05, 0) is 23.8 Å². The number of imidazole rings is 1. The van der Waals surface area contributed by atoms with Crippen molar-refractivity contribution in [3.05, 3.63) is 58.6 Å². The van der Waals surface area contributed by atoms with Crippen LogP contribution in [0.3, 0.4) is 0 Å². The lowest BCUT2D eigenvalue weighted by molar-refractivity contribution is 0.624. The highest BCUT2D eigenvalue weighted by Gasteiger charge is 2.12. The quantitative estimate of drug-likeness (QED) is 0.784. The Morgan fingerprint density at radius 1 is 1.20 bits per heavy atom. The van der Waals surface area contributed by atoms with E-state index in [1.807, 2.05) is 0 Å². The van der Waals surface area contributed by atoms with Crippen molar-refractivity contribution in [3.8, 4) is 0 Å². The first-order valence-corrected chi connectivity index (χ1v) is 6.27. The first-order valence-electron chi connectivity index (χ1n) is 5.90. The Balaban J connectivity index is 2.11. The van der Waals surface area contributed by atoms with Gasteiger partial charge < -0.3 is 10.3 Å². The van der Waals surface area contributed by atoms with Crippen molar-refractivity contribution in [1.29, 1.82) is 0 Å². The average Bonchev–Trinajstić information content (AvgIpc) is 2.67. The van der Waals surface area contributed by atoms with Crippen LogP contribution in [-0.4, -0.2) is 9.55 Å². The minimum atomic E-state index is -0.547. The van der Waals surface area contributed by atoms with Gasteiger partial charge in [-0.15, -0.1) is 0 Å². The Morgan fingerprint density at radius 2 is 2.00 bits per heavy atom. The third-order valence-electron chi connectivity index (χ3n) is 3.05. The Labute approximate surface area is 118 Å². The van der Waals surface area contributed by atoms with Crippen LogP contribution in [0.15, 0.2) is 36.4 Å². The molecule has 2 N–H and O–H groups in total. The van der Waals surface area contributed by atoms with Crippen molar-refractivity contribution in [1.82, 2.24) is 9.55 Å². The second-order valence-electron chi connectivity index (χ2n) is 4.44. The molecule has 0 atom stereocenters. The number of hydrogen-bond donors (Lipinski definition) is 1. The molecule has 1 aromatic heterocycles. The van der Waals surface area contributed by atoms with Crippen molar-refractivity contribution >= 4 is 28.6 Å². The van der Waals surface area contributed by atoms with E-state index in [1.165, 1.54) is 24.3 Å². The van der Waals surface area contributed by atoms with E-state index >= 15 is 0 Å². The molecule has 0 saturated carbocycles. The molecule has 102 valence electrons. The van der Waals surface area contributed by atoms with E-state index in [0.717, 1.165) is 5.56 Å². The molecule has 0 aliphatic carbocycles. The summed E-state index contributed by atoms with van der Waals surface area (Å²) in [7, 11) is 0. The molecule has 6 heteroatoms. The zero-order valence-corrected chi connectivity index (χ0v) is 11.0. The highest BCUT2D eigenvalue weighted by atomic mass is 35.5. The maximum atomic E-state index is 13.4. The molecule has 2 aromatic carbocycles. The summed E-state index contributed by atoms with van der Waals surface area (Å²) in [6, 6.07) is 8.87. The number of anilines is 1. The molecule has 0 aliphatic rings. The maximum Gasteiger partial charge on any atom is 0.201 e. The number of aromatic nitrogens is 2. The summed E-state index contributed by atoms with van der Waals surface area (Å²) < 4.78 is 28.3. The van der Waals surface area contributed by atoms with Crippen molar-refractivity contribution in [3.63, 3.8) is 0 Å². The van der Waals surface area contributed by atoms with Gasteiger partial charge >= 0.3 is 0 Å². The lowest BCUT2D eigenvalue weighted by Gasteiger charge is -2.07. The highest BCUT2D eigenvalue weighted by molar-refractivity contribution is 6.31. The number of nitrogen functional groups attached to an aromatic ring is 1. The fraction of sp³-hybridized carbons (Fsp3) is 0.0714. The number of benzene rings is 2. The second-order valence-corrected chi connectivity index (χ2v) is 4.85. The molecular weight excluding hydrogens is 284 g/mol. The van der Waals surface area contributed by atoms with Crippen LogP contribution in [0, 0.1) is 11.6 Å². The van der Waals surface area contributed by atoms with Crippen LogP contribution in [0.5, 0.6) is 0 Å². The van der Waals surface area contributed by atoms with Gasteiger partial charge in [-0.1, -0.05) is 23.7 Å². The number of hydrogen-bond acceptors (Lipinski definition) is 2. The van der Waals surface area contributed by atoms with E-state index in [4.69, 9.17) is 17.3 Å². The Bertz CT molecular complexity index is 798. The molecule has 0 unspecified atom stereocenters. The molecule has 20 heavy (non-hydrogen) atoms. The van der Waals surface area contributed by atoms with Crippen LogP contribution in [0.2, 0.25) is 5.02 Å². The van der Waals surface area contributed by atoms with Crippen LogP contribution in [0.25, 0.3) is 11.0 Å². The van der Waals surface area contributed by atoms with Gasteiger partial charge in [-0.25, -0.2) is 13.8 Å². The summed E-state index contributed by atoms with van der Waals surface area (Å²) in [5.74, 6) is -0.643. The molecule has 3 nitrogen and oxygen atoms in total. The van der Waals surface area contributed by atoms with Crippen LogP contribution in [-0.2, 0) is 6.54 Å². The van der Waals surface area contributed by atoms with Gasteiger partial charge in [0.05, 0.1) is 22.6 Å². The molecule has 0 spiro atoms. The third-order valence-corrected chi connectivity index (χ3v) is 3.34. The molecule has 0 aliphatic heterocycles. The van der Waals surface area contributed by atoms with Gasteiger partial charge in [0.15, 0.2) is 0 Å². The first-order chi connectivity index (χ1) is 9.54. The third kappa shape index (κ3) is 2.20. The first kappa shape index (κ1) is 12.9. The van der Waals surface area contributed by atoms with E-state index in [2.05, 4.69) is 4.98 Å². The zero-order valence-electron chi connectivity index (χ0n) is 10.3. The van der Waals surface area contributed by atoms with E-state index in [9.17, 15) is 8.78 Å². The monoisotopic (exact) mass is 293 g/mol. The predicted molar refractivity (Wildman–Crippen MR) is 74.6 cm³/mol. The summed E-state index contributed by atoms with van der Waals surface area (Å²) in [6.07, 6.45) is 0. The fourth-order valence-electron chi connectivity index (χ4n) is 2.12. The second kappa shape index (κ2) is 4.76. The van der Waals surface area contributed by atoms with Crippen molar-refractivity contribution in [2.24, 2.45) is 0 Å². The van der Waals surface area contributed by atoms with Gasteiger partial charge in [0.25, 0.3) is 0 Å². The number of halogens is 3. The van der Waals surface area contributed by atoms with Gasteiger partial charge in [0.2, 0.25) is 5.95 Å². The van der Waals surface area contributed by atoms with E-state index in [0.29, 0.717) is 17.6 Å². The van der Waals surface area contributed by atoms with Crippen molar-refractivity contribution in [2.45, 2.75) is 6.54 Å². The van der Waals surface area contributed by atoms with Gasteiger partial charge in [-0.3, -0.25) is 0 Å². The van der Waals surface area contributed by atoms with E-state index in [-0.39, 0.29) is 16.8 Å². The van der Waals surface area contributed by atoms with E-state index < -0.39 is 5.82 Å². The summed E-state index contributed by atoms with van der Waals surface area (Å²) in [5.41, 5.74) is 7.59. The summed E-state index contributed by atoms with van der Waals surface area (Å²) in [5, 5.41) is -0.00195. The highest BCUT2D eigenvalue weighted by Crippen LogP contribution is 2.25.